The van der Waals surface area contributed by atoms with E-state index in [4.69, 9.17) is 0 Å². The van der Waals surface area contributed by atoms with Gasteiger partial charge < -0.3 is 19.7 Å². The number of aliphatic hydroxyl groups excluding tert-OH is 2. The smallest absolute Gasteiger partial charge is 0.356 e. The Kier molecular flexibility index (Phi) is 4.75. The Labute approximate surface area is 103 Å². The fourth-order valence-electron chi connectivity index (χ4n) is 1.24. The summed E-state index contributed by atoms with van der Waals surface area (Å²) in [6.45, 7) is 0. The largest absolute Gasteiger partial charge is 0.467 e. The summed E-state index contributed by atoms with van der Waals surface area (Å²) in [5.74, 6) is -1.58. The van der Waals surface area contributed by atoms with Crippen molar-refractivity contribution in [3.8, 4) is 0 Å². The molecular formula is C11H13NO6. The van der Waals surface area contributed by atoms with E-state index in [-0.39, 0.29) is 11.3 Å². The molecular weight excluding hydrogens is 242 g/mol. The number of pyridine rings is 1. The number of carbonyl (C=O) groups excluding carboxylic acids is 2. The Morgan fingerprint density at radius 3 is 2.33 bits per heavy atom. The third-order valence-electron chi connectivity index (χ3n) is 2.26. The van der Waals surface area contributed by atoms with Gasteiger partial charge in [0.05, 0.1) is 14.2 Å². The second kappa shape index (κ2) is 6.08. The van der Waals surface area contributed by atoms with E-state index in [1.165, 1.54) is 25.4 Å². The average molecular weight is 255 g/mol. The number of ether oxygens (including phenoxy) is 2. The molecule has 2 atom stereocenters. The van der Waals surface area contributed by atoms with Gasteiger partial charge in [-0.25, -0.2) is 14.6 Å². The molecule has 7 heteroatoms. The van der Waals surface area contributed by atoms with Gasteiger partial charge in [0.1, 0.15) is 11.8 Å². The molecule has 0 bridgehead atoms. The molecule has 0 aliphatic rings. The highest BCUT2D eigenvalue weighted by Gasteiger charge is 2.26. The summed E-state index contributed by atoms with van der Waals surface area (Å²) in [5, 5.41) is 19.1. The molecule has 0 aliphatic carbocycles. The molecule has 0 aliphatic heterocycles. The summed E-state index contributed by atoms with van der Waals surface area (Å²) in [6.07, 6.45) is -2.01. The van der Waals surface area contributed by atoms with Crippen LogP contribution in [0, 0.1) is 0 Å². The highest BCUT2D eigenvalue weighted by molar-refractivity contribution is 5.87. The molecule has 18 heavy (non-hydrogen) atoms. The van der Waals surface area contributed by atoms with Crippen LogP contribution < -0.4 is 0 Å². The summed E-state index contributed by atoms with van der Waals surface area (Å²) in [4.78, 5) is 25.9. The lowest BCUT2D eigenvalue weighted by Gasteiger charge is -2.15. The summed E-state index contributed by atoms with van der Waals surface area (Å²) in [7, 11) is 2.31. The average Bonchev–Trinajstić information content (AvgIpc) is 2.44. The number of aliphatic hydroxyl groups is 2. The number of carbonyl (C=O) groups is 2. The van der Waals surface area contributed by atoms with E-state index in [1.807, 2.05) is 0 Å². The van der Waals surface area contributed by atoms with Crippen molar-refractivity contribution in [2.24, 2.45) is 0 Å². The summed E-state index contributed by atoms with van der Waals surface area (Å²) >= 11 is 0. The second-order valence-electron chi connectivity index (χ2n) is 3.38. The Balaban J connectivity index is 2.85. The quantitative estimate of drug-likeness (QED) is 0.694. The number of hydrogen-bond acceptors (Lipinski definition) is 7. The van der Waals surface area contributed by atoms with Crippen molar-refractivity contribution in [3.05, 3.63) is 29.6 Å². The van der Waals surface area contributed by atoms with Gasteiger partial charge in [0.15, 0.2) is 6.10 Å². The SMILES string of the molecule is COC(=O)c1ccc(C(O)C(O)C(=O)OC)cn1. The van der Waals surface area contributed by atoms with Gasteiger partial charge in [-0.3, -0.25) is 0 Å². The van der Waals surface area contributed by atoms with Gasteiger partial charge in [0, 0.05) is 11.8 Å². The molecule has 0 aromatic carbocycles. The zero-order chi connectivity index (χ0) is 13.7. The predicted molar refractivity (Wildman–Crippen MR) is 58.6 cm³/mol. The zero-order valence-corrected chi connectivity index (χ0v) is 9.86. The van der Waals surface area contributed by atoms with Gasteiger partial charge >= 0.3 is 11.9 Å². The first-order valence-corrected chi connectivity index (χ1v) is 4.99. The van der Waals surface area contributed by atoms with E-state index in [9.17, 15) is 19.8 Å². The van der Waals surface area contributed by atoms with Crippen LogP contribution in [0.5, 0.6) is 0 Å². The van der Waals surface area contributed by atoms with Crippen molar-refractivity contribution < 1.29 is 29.3 Å². The van der Waals surface area contributed by atoms with E-state index in [0.717, 1.165) is 7.11 Å². The summed E-state index contributed by atoms with van der Waals surface area (Å²) in [6, 6.07) is 2.67. The molecule has 0 fully saturated rings. The van der Waals surface area contributed by atoms with Gasteiger partial charge in [-0.05, 0) is 6.07 Å². The van der Waals surface area contributed by atoms with E-state index >= 15 is 0 Å². The molecule has 0 spiro atoms. The van der Waals surface area contributed by atoms with Gasteiger partial charge in [0.2, 0.25) is 0 Å². The minimum atomic E-state index is -1.71. The number of rotatable bonds is 4. The first-order valence-electron chi connectivity index (χ1n) is 4.99. The molecule has 2 N–H and O–H groups in total. The number of esters is 2. The lowest BCUT2D eigenvalue weighted by atomic mass is 10.1. The molecule has 1 heterocycles. The van der Waals surface area contributed by atoms with Crippen LogP contribution in [0.15, 0.2) is 18.3 Å². The molecule has 2 unspecified atom stereocenters. The molecule has 1 aromatic rings. The van der Waals surface area contributed by atoms with Crippen molar-refractivity contribution >= 4 is 11.9 Å². The van der Waals surface area contributed by atoms with Crippen LogP contribution in [0.3, 0.4) is 0 Å². The monoisotopic (exact) mass is 255 g/mol. The van der Waals surface area contributed by atoms with Gasteiger partial charge in [-0.15, -0.1) is 0 Å². The van der Waals surface area contributed by atoms with E-state index < -0.39 is 24.1 Å². The molecule has 98 valence electrons. The topological polar surface area (TPSA) is 106 Å². The predicted octanol–water partition coefficient (Wildman–Crippen LogP) is -0.565. The number of aromatic nitrogens is 1. The highest BCUT2D eigenvalue weighted by Crippen LogP contribution is 2.17. The van der Waals surface area contributed by atoms with Crippen molar-refractivity contribution in [2.45, 2.75) is 12.2 Å². The summed E-state index contributed by atoms with van der Waals surface area (Å²) in [5.41, 5.74) is 0.238. The number of hydrogen-bond donors (Lipinski definition) is 2. The number of nitrogens with zero attached hydrogens (tertiary/aromatic N) is 1. The summed E-state index contributed by atoms with van der Waals surface area (Å²) < 4.78 is 8.74. The lowest BCUT2D eigenvalue weighted by Crippen LogP contribution is -2.29. The third kappa shape index (κ3) is 3.02. The van der Waals surface area contributed by atoms with Gasteiger partial charge in [-0.2, -0.15) is 0 Å². The molecule has 1 rings (SSSR count). The first-order chi connectivity index (χ1) is 8.51. The lowest BCUT2D eigenvalue weighted by molar-refractivity contribution is -0.156. The fraction of sp³-hybridized carbons (Fsp3) is 0.364. The van der Waals surface area contributed by atoms with Crippen molar-refractivity contribution in [1.82, 2.24) is 4.98 Å². The van der Waals surface area contributed by atoms with Crippen LogP contribution in [-0.4, -0.2) is 47.5 Å². The maximum Gasteiger partial charge on any atom is 0.356 e. The maximum absolute atomic E-state index is 11.1. The Morgan fingerprint density at radius 2 is 1.89 bits per heavy atom. The molecule has 1 aromatic heterocycles. The maximum atomic E-state index is 11.1. The molecule has 0 saturated heterocycles. The Bertz CT molecular complexity index is 430. The van der Waals surface area contributed by atoms with Crippen molar-refractivity contribution in [2.75, 3.05) is 14.2 Å². The van der Waals surface area contributed by atoms with Crippen LogP contribution in [-0.2, 0) is 14.3 Å². The zero-order valence-electron chi connectivity index (χ0n) is 9.86. The number of methoxy groups -OCH3 is 2. The van der Waals surface area contributed by atoms with Crippen LogP contribution in [0.25, 0.3) is 0 Å². The second-order valence-corrected chi connectivity index (χ2v) is 3.38. The molecule has 0 radical (unpaired) electrons. The van der Waals surface area contributed by atoms with E-state index in [2.05, 4.69) is 14.5 Å². The minimum Gasteiger partial charge on any atom is -0.467 e. The normalized spacial score (nSPS) is 13.6. The van der Waals surface area contributed by atoms with Crippen LogP contribution in [0.2, 0.25) is 0 Å². The van der Waals surface area contributed by atoms with Crippen molar-refractivity contribution in [1.29, 1.82) is 0 Å². The highest BCUT2D eigenvalue weighted by atomic mass is 16.5. The van der Waals surface area contributed by atoms with Crippen LogP contribution in [0.1, 0.15) is 22.2 Å². The van der Waals surface area contributed by atoms with Gasteiger partial charge in [-0.1, -0.05) is 6.07 Å². The molecule has 0 saturated carbocycles. The molecule has 7 nitrogen and oxygen atoms in total. The van der Waals surface area contributed by atoms with E-state index in [1.54, 1.807) is 0 Å². The van der Waals surface area contributed by atoms with Gasteiger partial charge in [0.25, 0.3) is 0 Å². The van der Waals surface area contributed by atoms with Crippen molar-refractivity contribution in [3.63, 3.8) is 0 Å². The Hall–Kier alpha value is -1.99. The van der Waals surface area contributed by atoms with Crippen LogP contribution in [0.4, 0.5) is 0 Å². The molecule has 0 amide bonds. The van der Waals surface area contributed by atoms with E-state index in [0.29, 0.717) is 0 Å². The minimum absolute atomic E-state index is 0.0565. The fourth-order valence-corrected chi connectivity index (χ4v) is 1.24. The Morgan fingerprint density at radius 1 is 1.22 bits per heavy atom. The van der Waals surface area contributed by atoms with Crippen LogP contribution >= 0.6 is 0 Å². The standard InChI is InChI=1S/C11H13NO6/c1-17-10(15)7-4-3-6(5-12-7)8(13)9(14)11(16)18-2/h3-5,8-9,13-14H,1-2H3. The third-order valence-corrected chi connectivity index (χ3v) is 2.26. The first kappa shape index (κ1) is 14.1.